The minimum Gasteiger partial charge on any atom is -0.464 e. The quantitative estimate of drug-likeness (QED) is 0.581. The predicted octanol–water partition coefficient (Wildman–Crippen LogP) is 2.24. The van der Waals surface area contributed by atoms with Gasteiger partial charge in [0, 0.05) is 9.77 Å². The van der Waals surface area contributed by atoms with Gasteiger partial charge in [-0.05, 0) is 44.6 Å². The van der Waals surface area contributed by atoms with Crippen molar-refractivity contribution in [3.8, 4) is 0 Å². The van der Waals surface area contributed by atoms with Gasteiger partial charge >= 0.3 is 5.97 Å². The van der Waals surface area contributed by atoms with E-state index >= 15 is 0 Å². The van der Waals surface area contributed by atoms with Crippen LogP contribution < -0.4 is 0 Å². The molecule has 5 heteroatoms. The van der Waals surface area contributed by atoms with Crippen molar-refractivity contribution in [1.29, 1.82) is 0 Å². The van der Waals surface area contributed by atoms with Crippen molar-refractivity contribution in [1.82, 2.24) is 4.98 Å². The molecule has 1 aromatic rings. The summed E-state index contributed by atoms with van der Waals surface area (Å²) in [6.07, 6.45) is 1.61. The Hall–Kier alpha value is -0.170. The fourth-order valence-electron chi connectivity index (χ4n) is 0.661. The number of carbonyl (C=O) groups excluding carboxylic acids is 1. The van der Waals surface area contributed by atoms with Crippen molar-refractivity contribution < 1.29 is 9.53 Å². The number of ether oxygens (including phenoxy) is 1. The van der Waals surface area contributed by atoms with Crippen LogP contribution in [0.2, 0.25) is 0 Å². The molecule has 1 heterocycles. The Bertz CT molecular complexity index is 316. The lowest BCUT2D eigenvalue weighted by molar-refractivity contribution is 0.0593. The summed E-state index contributed by atoms with van der Waals surface area (Å²) in [4.78, 5) is 14.9. The third kappa shape index (κ3) is 2.16. The van der Waals surface area contributed by atoms with Crippen LogP contribution in [0.25, 0.3) is 0 Å². The third-order valence-electron chi connectivity index (χ3n) is 1.19. The van der Waals surface area contributed by atoms with E-state index in [2.05, 4.69) is 48.2 Å². The van der Waals surface area contributed by atoms with E-state index in [4.69, 9.17) is 0 Å². The summed E-state index contributed by atoms with van der Waals surface area (Å²) >= 11 is 5.33. The molecular formula is C7H5BrINO2. The topological polar surface area (TPSA) is 39.2 Å². The first-order chi connectivity index (χ1) is 5.65. The molecule has 0 amide bonds. The summed E-state index contributed by atoms with van der Waals surface area (Å²) in [5, 5.41) is 0. The predicted molar refractivity (Wildman–Crippen MR) is 56.0 cm³/mol. The number of hydrogen-bond acceptors (Lipinski definition) is 3. The van der Waals surface area contributed by atoms with E-state index in [1.807, 2.05) is 0 Å². The molecule has 0 N–H and O–H groups in total. The summed E-state index contributed by atoms with van der Waals surface area (Å²) < 4.78 is 6.14. The molecule has 0 aliphatic rings. The summed E-state index contributed by atoms with van der Waals surface area (Å²) in [5.74, 6) is -0.432. The van der Waals surface area contributed by atoms with Gasteiger partial charge in [-0.25, -0.2) is 9.78 Å². The van der Waals surface area contributed by atoms with E-state index in [1.54, 1.807) is 12.3 Å². The fourth-order valence-corrected chi connectivity index (χ4v) is 2.05. The Morgan fingerprint density at radius 3 is 2.92 bits per heavy atom. The second kappa shape index (κ2) is 4.18. The normalized spacial score (nSPS) is 9.58. The van der Waals surface area contributed by atoms with Gasteiger partial charge in [0.25, 0.3) is 0 Å². The first-order valence-electron chi connectivity index (χ1n) is 3.04. The lowest BCUT2D eigenvalue weighted by atomic mass is 10.3. The number of pyridine rings is 1. The molecule has 1 aromatic heterocycles. The van der Waals surface area contributed by atoms with Gasteiger partial charge in [-0.15, -0.1) is 0 Å². The van der Waals surface area contributed by atoms with Crippen LogP contribution in [-0.4, -0.2) is 18.1 Å². The highest BCUT2D eigenvalue weighted by molar-refractivity contribution is 14.1. The minimum atomic E-state index is -0.432. The molecule has 3 nitrogen and oxygen atoms in total. The molecule has 1 rings (SSSR count). The van der Waals surface area contributed by atoms with Crippen LogP contribution in [0.5, 0.6) is 0 Å². The first-order valence-corrected chi connectivity index (χ1v) is 4.91. The summed E-state index contributed by atoms with van der Waals surface area (Å²) in [6, 6.07) is 1.81. The molecule has 0 spiro atoms. The number of esters is 1. The zero-order valence-corrected chi connectivity index (χ0v) is 9.92. The van der Waals surface area contributed by atoms with Crippen LogP contribution >= 0.6 is 38.5 Å². The Kier molecular flexibility index (Phi) is 3.45. The van der Waals surface area contributed by atoms with Crippen LogP contribution in [0.3, 0.4) is 0 Å². The lowest BCUT2D eigenvalue weighted by Gasteiger charge is -2.00. The highest BCUT2D eigenvalue weighted by Gasteiger charge is 2.11. The van der Waals surface area contributed by atoms with Gasteiger partial charge in [0.15, 0.2) is 5.69 Å². The molecule has 64 valence electrons. The van der Waals surface area contributed by atoms with Crippen molar-refractivity contribution >= 4 is 44.5 Å². The number of halogens is 2. The summed E-state index contributed by atoms with van der Waals surface area (Å²) in [7, 11) is 1.33. The molecule has 0 radical (unpaired) electrons. The molecule has 0 fully saturated rings. The molecule has 0 saturated heterocycles. The highest BCUT2D eigenvalue weighted by atomic mass is 127. The first kappa shape index (κ1) is 9.91. The van der Waals surface area contributed by atoms with E-state index in [0.29, 0.717) is 10.2 Å². The van der Waals surface area contributed by atoms with E-state index in [9.17, 15) is 4.79 Å². The van der Waals surface area contributed by atoms with Crippen molar-refractivity contribution in [2.75, 3.05) is 7.11 Å². The number of aromatic nitrogens is 1. The van der Waals surface area contributed by atoms with Crippen LogP contribution in [-0.2, 0) is 4.74 Å². The van der Waals surface area contributed by atoms with E-state index in [-0.39, 0.29) is 0 Å². The van der Waals surface area contributed by atoms with Crippen molar-refractivity contribution in [2.45, 2.75) is 0 Å². The number of methoxy groups -OCH3 is 1. The largest absolute Gasteiger partial charge is 0.464 e. The van der Waals surface area contributed by atoms with Gasteiger partial charge in [-0.3, -0.25) is 0 Å². The number of carbonyl (C=O) groups is 1. The Labute approximate surface area is 91.8 Å². The summed E-state index contributed by atoms with van der Waals surface area (Å²) in [6.45, 7) is 0. The number of rotatable bonds is 1. The second-order valence-electron chi connectivity index (χ2n) is 1.98. The van der Waals surface area contributed by atoms with Crippen LogP contribution in [0, 0.1) is 3.57 Å². The second-order valence-corrected chi connectivity index (χ2v) is 4.08. The van der Waals surface area contributed by atoms with Gasteiger partial charge in [0.05, 0.1) is 11.6 Å². The molecule has 0 bridgehead atoms. The standard InChI is InChI=1S/C7H5BrINO2/c1-12-7(11)6-5(8)2-4(9)3-10-6/h2-3H,1H3. The van der Waals surface area contributed by atoms with Gasteiger partial charge in [-0.1, -0.05) is 0 Å². The van der Waals surface area contributed by atoms with Crippen LogP contribution in [0.1, 0.15) is 10.5 Å². The average molecular weight is 342 g/mol. The maximum Gasteiger partial charge on any atom is 0.357 e. The molecule has 0 saturated carbocycles. The zero-order valence-electron chi connectivity index (χ0n) is 6.17. The number of nitrogens with zero attached hydrogens (tertiary/aromatic N) is 1. The monoisotopic (exact) mass is 341 g/mol. The SMILES string of the molecule is COC(=O)c1ncc(I)cc1Br. The molecule has 0 aromatic carbocycles. The third-order valence-corrected chi connectivity index (χ3v) is 2.38. The number of hydrogen-bond donors (Lipinski definition) is 0. The minimum absolute atomic E-state index is 0.304. The van der Waals surface area contributed by atoms with Crippen LogP contribution in [0.15, 0.2) is 16.7 Å². The molecule has 12 heavy (non-hydrogen) atoms. The van der Waals surface area contributed by atoms with E-state index < -0.39 is 5.97 Å². The Balaban J connectivity index is 3.09. The fraction of sp³-hybridized carbons (Fsp3) is 0.143. The Morgan fingerprint density at radius 2 is 2.42 bits per heavy atom. The molecule has 0 unspecified atom stereocenters. The average Bonchev–Trinajstić information content (AvgIpc) is 2.03. The smallest absolute Gasteiger partial charge is 0.357 e. The maximum absolute atomic E-state index is 11.0. The van der Waals surface area contributed by atoms with Gasteiger partial charge in [0.1, 0.15) is 0 Å². The van der Waals surface area contributed by atoms with Crippen molar-refractivity contribution in [3.05, 3.63) is 26.0 Å². The van der Waals surface area contributed by atoms with Crippen LogP contribution in [0.4, 0.5) is 0 Å². The van der Waals surface area contributed by atoms with Gasteiger partial charge in [-0.2, -0.15) is 0 Å². The summed E-state index contributed by atoms with van der Waals surface area (Å²) in [5.41, 5.74) is 0.304. The maximum atomic E-state index is 11.0. The molecule has 0 atom stereocenters. The Morgan fingerprint density at radius 1 is 1.75 bits per heavy atom. The van der Waals surface area contributed by atoms with Crippen molar-refractivity contribution in [2.24, 2.45) is 0 Å². The van der Waals surface area contributed by atoms with E-state index in [1.165, 1.54) is 7.11 Å². The molecular weight excluding hydrogens is 337 g/mol. The zero-order chi connectivity index (χ0) is 9.14. The molecule has 0 aliphatic carbocycles. The molecule has 0 aliphatic heterocycles. The van der Waals surface area contributed by atoms with Crippen molar-refractivity contribution in [3.63, 3.8) is 0 Å². The highest BCUT2D eigenvalue weighted by Crippen LogP contribution is 2.17. The van der Waals surface area contributed by atoms with Gasteiger partial charge in [0.2, 0.25) is 0 Å². The lowest BCUT2D eigenvalue weighted by Crippen LogP contribution is -2.05. The van der Waals surface area contributed by atoms with E-state index in [0.717, 1.165) is 3.57 Å². The van der Waals surface area contributed by atoms with Gasteiger partial charge < -0.3 is 4.74 Å².